The van der Waals surface area contributed by atoms with Gasteiger partial charge in [0.2, 0.25) is 5.88 Å². The molecule has 0 spiro atoms. The Morgan fingerprint density at radius 2 is 2.00 bits per heavy atom. The normalized spacial score (nSPS) is 14.9. The summed E-state index contributed by atoms with van der Waals surface area (Å²) in [6.07, 6.45) is 4.54. The van der Waals surface area contributed by atoms with Crippen molar-refractivity contribution in [3.05, 3.63) is 60.5 Å². The fourth-order valence-corrected chi connectivity index (χ4v) is 1.27. The number of benzene rings is 1. The van der Waals surface area contributed by atoms with Crippen LogP contribution in [0.15, 0.2) is 54.9 Å². The van der Waals surface area contributed by atoms with Gasteiger partial charge in [0.15, 0.2) is 6.26 Å². The molecule has 0 aliphatic carbocycles. The topological polar surface area (TPSA) is 32.7 Å². The lowest BCUT2D eigenvalue weighted by Crippen LogP contribution is -2.18. The average molecular weight is 189 g/mol. The van der Waals surface area contributed by atoms with Crippen LogP contribution in [-0.4, -0.2) is 10.0 Å². The molecule has 3 nitrogen and oxygen atoms in total. The summed E-state index contributed by atoms with van der Waals surface area (Å²) >= 11 is 0. The van der Waals surface area contributed by atoms with Crippen molar-refractivity contribution in [1.29, 1.82) is 0 Å². The van der Waals surface area contributed by atoms with Crippen molar-refractivity contribution in [3.63, 3.8) is 0 Å². The van der Waals surface area contributed by atoms with Crippen LogP contribution in [0.25, 0.3) is 0 Å². The minimum atomic E-state index is 0.122. The van der Waals surface area contributed by atoms with Gasteiger partial charge in [-0.25, -0.2) is 0 Å². The molecule has 0 atom stereocenters. The predicted octanol–water partition coefficient (Wildman–Crippen LogP) is 2.35. The van der Waals surface area contributed by atoms with E-state index in [1.807, 2.05) is 30.3 Å². The van der Waals surface area contributed by atoms with E-state index < -0.39 is 0 Å². The maximum atomic E-state index is 9.44. The van der Waals surface area contributed by atoms with Crippen LogP contribution in [0, 0.1) is 0 Å². The second-order valence-electron chi connectivity index (χ2n) is 3.01. The third kappa shape index (κ3) is 1.88. The van der Waals surface area contributed by atoms with Gasteiger partial charge in [-0.05, 0) is 5.56 Å². The number of hydrogen-bond donors (Lipinski definition) is 1. The summed E-state index contributed by atoms with van der Waals surface area (Å²) in [5.41, 5.74) is 1.14. The lowest BCUT2D eigenvalue weighted by molar-refractivity contribution is 0.198. The molecule has 0 unspecified atom stereocenters. The summed E-state index contributed by atoms with van der Waals surface area (Å²) < 4.78 is 4.82. The van der Waals surface area contributed by atoms with Crippen LogP contribution in [0.2, 0.25) is 0 Å². The highest BCUT2D eigenvalue weighted by atomic mass is 16.5. The van der Waals surface area contributed by atoms with E-state index in [1.165, 1.54) is 12.5 Å². The Hall–Kier alpha value is -1.90. The molecule has 1 aromatic rings. The Morgan fingerprint density at radius 1 is 1.21 bits per heavy atom. The molecule has 1 aliphatic heterocycles. The van der Waals surface area contributed by atoms with E-state index in [0.29, 0.717) is 6.54 Å². The molecule has 1 heterocycles. The Morgan fingerprint density at radius 3 is 2.71 bits per heavy atom. The van der Waals surface area contributed by atoms with Crippen molar-refractivity contribution in [1.82, 2.24) is 4.90 Å². The molecule has 72 valence electrons. The molecule has 1 N–H and O–H groups in total. The van der Waals surface area contributed by atoms with E-state index in [1.54, 1.807) is 11.1 Å². The first kappa shape index (κ1) is 8.69. The van der Waals surface area contributed by atoms with E-state index in [4.69, 9.17) is 4.74 Å². The van der Waals surface area contributed by atoms with Gasteiger partial charge in [0.1, 0.15) is 6.26 Å². The molecule has 2 rings (SSSR count). The van der Waals surface area contributed by atoms with Crippen molar-refractivity contribution in [2.75, 3.05) is 0 Å². The van der Waals surface area contributed by atoms with Crippen LogP contribution in [0.3, 0.4) is 0 Å². The molecule has 0 saturated carbocycles. The zero-order chi connectivity index (χ0) is 9.80. The molecular formula is C11H11NO2. The fraction of sp³-hybridized carbons (Fsp3) is 0.0909. The van der Waals surface area contributed by atoms with Gasteiger partial charge in [0.25, 0.3) is 0 Å². The van der Waals surface area contributed by atoms with Crippen molar-refractivity contribution in [2.45, 2.75) is 6.54 Å². The molecule has 1 aromatic carbocycles. The van der Waals surface area contributed by atoms with Gasteiger partial charge < -0.3 is 14.7 Å². The molecule has 1 aliphatic rings. The third-order valence-electron chi connectivity index (χ3n) is 1.98. The minimum absolute atomic E-state index is 0.122. The smallest absolute Gasteiger partial charge is 0.227 e. The number of aliphatic hydroxyl groups excluding tert-OH is 1. The quantitative estimate of drug-likeness (QED) is 0.775. The first-order valence-electron chi connectivity index (χ1n) is 4.38. The van der Waals surface area contributed by atoms with Crippen molar-refractivity contribution in [2.24, 2.45) is 0 Å². The van der Waals surface area contributed by atoms with Gasteiger partial charge in [-0.2, -0.15) is 0 Å². The molecule has 0 aromatic heterocycles. The van der Waals surface area contributed by atoms with Gasteiger partial charge in [-0.1, -0.05) is 30.3 Å². The summed E-state index contributed by atoms with van der Waals surface area (Å²) in [6.45, 7) is 0.642. The largest absolute Gasteiger partial charge is 0.492 e. The standard InChI is InChI=1S/C11H11NO2/c13-11-9-14-7-6-12(11)8-10-4-2-1-3-5-10/h1-7,9,13H,8H2. The van der Waals surface area contributed by atoms with Gasteiger partial charge in [0, 0.05) is 6.20 Å². The van der Waals surface area contributed by atoms with E-state index in [-0.39, 0.29) is 5.88 Å². The van der Waals surface area contributed by atoms with E-state index in [9.17, 15) is 5.11 Å². The Labute approximate surface area is 82.5 Å². The highest BCUT2D eigenvalue weighted by Crippen LogP contribution is 2.12. The second-order valence-corrected chi connectivity index (χ2v) is 3.01. The molecule has 0 saturated heterocycles. The van der Waals surface area contributed by atoms with Gasteiger partial charge in [-0.3, -0.25) is 0 Å². The van der Waals surface area contributed by atoms with E-state index in [0.717, 1.165) is 5.56 Å². The summed E-state index contributed by atoms with van der Waals surface area (Å²) in [4.78, 5) is 1.71. The molecule has 0 bridgehead atoms. The van der Waals surface area contributed by atoms with Crippen LogP contribution < -0.4 is 0 Å². The van der Waals surface area contributed by atoms with E-state index in [2.05, 4.69) is 0 Å². The van der Waals surface area contributed by atoms with Gasteiger partial charge in [-0.15, -0.1) is 0 Å². The molecule has 3 heteroatoms. The van der Waals surface area contributed by atoms with Crippen LogP contribution in [0.5, 0.6) is 0 Å². The Kier molecular flexibility index (Phi) is 2.40. The zero-order valence-electron chi connectivity index (χ0n) is 7.63. The monoisotopic (exact) mass is 189 g/mol. The summed E-state index contributed by atoms with van der Waals surface area (Å²) in [7, 11) is 0. The first-order chi connectivity index (χ1) is 6.86. The van der Waals surface area contributed by atoms with E-state index >= 15 is 0 Å². The second kappa shape index (κ2) is 3.87. The maximum absolute atomic E-state index is 9.44. The lowest BCUT2D eigenvalue weighted by Gasteiger charge is -2.20. The number of rotatable bonds is 2. The van der Waals surface area contributed by atoms with Crippen LogP contribution in [-0.2, 0) is 11.3 Å². The molecule has 14 heavy (non-hydrogen) atoms. The SMILES string of the molecule is OC1=COC=CN1Cc1ccccc1. The molecular weight excluding hydrogens is 178 g/mol. The fourth-order valence-electron chi connectivity index (χ4n) is 1.27. The Balaban J connectivity index is 2.08. The molecule has 0 radical (unpaired) electrons. The lowest BCUT2D eigenvalue weighted by atomic mass is 10.2. The summed E-state index contributed by atoms with van der Waals surface area (Å²) in [5.74, 6) is 0.122. The molecule has 0 fully saturated rings. The zero-order valence-corrected chi connectivity index (χ0v) is 7.63. The Bertz CT molecular complexity index is 357. The number of aliphatic hydroxyl groups is 1. The third-order valence-corrected chi connectivity index (χ3v) is 1.98. The first-order valence-corrected chi connectivity index (χ1v) is 4.38. The maximum Gasteiger partial charge on any atom is 0.227 e. The number of nitrogens with zero attached hydrogens (tertiary/aromatic N) is 1. The van der Waals surface area contributed by atoms with Crippen LogP contribution in [0.4, 0.5) is 0 Å². The minimum Gasteiger partial charge on any atom is -0.492 e. The van der Waals surface area contributed by atoms with Gasteiger partial charge >= 0.3 is 0 Å². The summed E-state index contributed by atoms with van der Waals surface area (Å²) in [6, 6.07) is 9.93. The highest BCUT2D eigenvalue weighted by Gasteiger charge is 2.08. The number of ether oxygens (including phenoxy) is 1. The van der Waals surface area contributed by atoms with Crippen LogP contribution in [0.1, 0.15) is 5.56 Å². The van der Waals surface area contributed by atoms with Crippen LogP contribution >= 0.6 is 0 Å². The molecule has 0 amide bonds. The van der Waals surface area contributed by atoms with Crippen molar-refractivity contribution < 1.29 is 9.84 Å². The van der Waals surface area contributed by atoms with Gasteiger partial charge in [0.05, 0.1) is 6.54 Å². The van der Waals surface area contributed by atoms with Crippen molar-refractivity contribution in [3.8, 4) is 0 Å². The van der Waals surface area contributed by atoms with Crippen molar-refractivity contribution >= 4 is 0 Å². The predicted molar refractivity (Wildman–Crippen MR) is 52.9 cm³/mol. The number of hydrogen-bond acceptors (Lipinski definition) is 3. The highest BCUT2D eigenvalue weighted by molar-refractivity contribution is 5.16. The summed E-state index contributed by atoms with van der Waals surface area (Å²) in [5, 5.41) is 9.44. The average Bonchev–Trinajstić information content (AvgIpc) is 2.23.